The quantitative estimate of drug-likeness (QED) is 0.881. The zero-order valence-corrected chi connectivity index (χ0v) is 13.5. The molecule has 2 heterocycles. The molecule has 2 atom stereocenters. The van der Waals surface area contributed by atoms with Gasteiger partial charge in [-0.2, -0.15) is 0 Å². The number of benzene rings is 1. The number of aryl methyl sites for hydroxylation is 1. The van der Waals surface area contributed by atoms with Crippen LogP contribution in [-0.2, 0) is 16.1 Å². The van der Waals surface area contributed by atoms with Gasteiger partial charge in [0.05, 0.1) is 18.2 Å². The van der Waals surface area contributed by atoms with Crippen LogP contribution in [0.5, 0.6) is 0 Å². The number of cyclic esters (lactones) is 1. The second kappa shape index (κ2) is 6.54. The summed E-state index contributed by atoms with van der Waals surface area (Å²) in [6, 6.07) is 10.1. The van der Waals surface area contributed by atoms with Gasteiger partial charge in [-0.15, -0.1) is 0 Å². The summed E-state index contributed by atoms with van der Waals surface area (Å²) in [6.07, 6.45) is 0.491. The highest BCUT2D eigenvalue weighted by molar-refractivity contribution is 5.70. The molecular weight excluding hydrogens is 292 g/mol. The van der Waals surface area contributed by atoms with E-state index in [9.17, 15) is 9.90 Å². The molecule has 5 nitrogen and oxygen atoms in total. The Morgan fingerprint density at radius 3 is 2.74 bits per heavy atom. The number of carbonyl (C=O) groups is 1. The highest BCUT2D eigenvalue weighted by Crippen LogP contribution is 2.24. The number of nitrogens with zero attached hydrogens (tertiary/aromatic N) is 2. The van der Waals surface area contributed by atoms with Crippen LogP contribution in [0, 0.1) is 13.8 Å². The van der Waals surface area contributed by atoms with Gasteiger partial charge in [-0.05, 0) is 13.8 Å². The predicted molar refractivity (Wildman–Crippen MR) is 86.9 cm³/mol. The minimum Gasteiger partial charge on any atom is -0.462 e. The van der Waals surface area contributed by atoms with E-state index in [0.717, 1.165) is 22.8 Å². The molecule has 0 aliphatic carbocycles. The lowest BCUT2D eigenvalue weighted by Crippen LogP contribution is -2.33. The highest BCUT2D eigenvalue weighted by atomic mass is 16.5. The summed E-state index contributed by atoms with van der Waals surface area (Å²) in [7, 11) is 0. The number of esters is 1. The minimum absolute atomic E-state index is 0.106. The average molecular weight is 314 g/mol. The SMILES string of the molecule is Cc1nc(-c2ccccc2)n(CCC2CC(O)CC(=O)O2)c1C. The Hall–Kier alpha value is -2.14. The third kappa shape index (κ3) is 3.45. The Labute approximate surface area is 135 Å². The molecule has 1 N–H and O–H groups in total. The van der Waals surface area contributed by atoms with Crippen molar-refractivity contribution in [3.8, 4) is 11.4 Å². The van der Waals surface area contributed by atoms with Crippen molar-refractivity contribution in [2.24, 2.45) is 0 Å². The second-order valence-electron chi connectivity index (χ2n) is 6.12. The van der Waals surface area contributed by atoms with Gasteiger partial charge in [0.1, 0.15) is 11.9 Å². The summed E-state index contributed by atoms with van der Waals surface area (Å²) < 4.78 is 7.50. The topological polar surface area (TPSA) is 64.3 Å². The molecule has 1 aromatic carbocycles. The first-order chi connectivity index (χ1) is 11.0. The number of aromatic nitrogens is 2. The molecule has 1 aliphatic heterocycles. The van der Waals surface area contributed by atoms with Crippen LogP contribution < -0.4 is 0 Å². The number of imidazole rings is 1. The van der Waals surface area contributed by atoms with E-state index in [-0.39, 0.29) is 18.5 Å². The van der Waals surface area contributed by atoms with Crippen LogP contribution in [0.25, 0.3) is 11.4 Å². The van der Waals surface area contributed by atoms with Crippen LogP contribution in [0.15, 0.2) is 30.3 Å². The van der Waals surface area contributed by atoms with Crippen molar-refractivity contribution in [1.82, 2.24) is 9.55 Å². The van der Waals surface area contributed by atoms with Crippen LogP contribution in [0.2, 0.25) is 0 Å². The molecule has 5 heteroatoms. The maximum Gasteiger partial charge on any atom is 0.308 e. The maximum atomic E-state index is 11.5. The lowest BCUT2D eigenvalue weighted by Gasteiger charge is -2.26. The third-order valence-corrected chi connectivity index (χ3v) is 4.40. The Bertz CT molecular complexity index is 694. The maximum absolute atomic E-state index is 11.5. The van der Waals surface area contributed by atoms with Gasteiger partial charge in [0.25, 0.3) is 0 Å². The Balaban J connectivity index is 1.79. The van der Waals surface area contributed by atoms with E-state index >= 15 is 0 Å². The zero-order valence-electron chi connectivity index (χ0n) is 13.5. The number of hydrogen-bond acceptors (Lipinski definition) is 4. The fraction of sp³-hybridized carbons (Fsp3) is 0.444. The molecule has 1 aliphatic rings. The Morgan fingerprint density at radius 1 is 1.30 bits per heavy atom. The van der Waals surface area contributed by atoms with Crippen LogP contribution >= 0.6 is 0 Å². The van der Waals surface area contributed by atoms with Crippen molar-refractivity contribution in [1.29, 1.82) is 0 Å². The van der Waals surface area contributed by atoms with Crippen molar-refractivity contribution in [3.05, 3.63) is 41.7 Å². The van der Waals surface area contributed by atoms with Gasteiger partial charge in [-0.25, -0.2) is 4.98 Å². The fourth-order valence-electron chi connectivity index (χ4n) is 3.05. The van der Waals surface area contributed by atoms with Crippen LogP contribution in [0.4, 0.5) is 0 Å². The van der Waals surface area contributed by atoms with Crippen LogP contribution in [0.1, 0.15) is 30.7 Å². The van der Waals surface area contributed by atoms with E-state index in [0.29, 0.717) is 19.4 Å². The molecule has 0 bridgehead atoms. The number of hydrogen-bond donors (Lipinski definition) is 1. The lowest BCUT2D eigenvalue weighted by molar-refractivity contribution is -0.160. The molecule has 23 heavy (non-hydrogen) atoms. The van der Waals surface area contributed by atoms with E-state index in [2.05, 4.69) is 16.5 Å². The molecule has 0 radical (unpaired) electrons. The molecule has 0 spiro atoms. The summed E-state index contributed by atoms with van der Waals surface area (Å²) in [4.78, 5) is 16.1. The average Bonchev–Trinajstić information content (AvgIpc) is 2.81. The predicted octanol–water partition coefficient (Wildman–Crippen LogP) is 2.62. The van der Waals surface area contributed by atoms with Gasteiger partial charge in [-0.1, -0.05) is 30.3 Å². The molecule has 2 unspecified atom stereocenters. The normalized spacial score (nSPS) is 21.3. The van der Waals surface area contributed by atoms with Gasteiger partial charge < -0.3 is 14.4 Å². The number of aliphatic hydroxyl groups is 1. The van der Waals surface area contributed by atoms with Gasteiger partial charge >= 0.3 is 5.97 Å². The second-order valence-corrected chi connectivity index (χ2v) is 6.12. The summed E-state index contributed by atoms with van der Waals surface area (Å²) in [5.74, 6) is 0.624. The van der Waals surface area contributed by atoms with Crippen LogP contribution in [0.3, 0.4) is 0 Å². The van der Waals surface area contributed by atoms with E-state index in [4.69, 9.17) is 4.74 Å². The van der Waals surface area contributed by atoms with E-state index in [1.807, 2.05) is 37.3 Å². The molecule has 0 amide bonds. The van der Waals surface area contributed by atoms with Crippen molar-refractivity contribution in [2.45, 2.75) is 51.9 Å². The molecule has 2 aromatic rings. The molecule has 1 fully saturated rings. The first-order valence-corrected chi connectivity index (χ1v) is 8.01. The highest BCUT2D eigenvalue weighted by Gasteiger charge is 2.27. The van der Waals surface area contributed by atoms with E-state index < -0.39 is 6.10 Å². The standard InChI is InChI=1S/C18H22N2O3/c1-12-13(2)20(18(19-12)14-6-4-3-5-7-14)9-8-16-10-15(21)11-17(22)23-16/h3-7,15-16,21H,8-11H2,1-2H3. The van der Waals surface area contributed by atoms with Crippen LogP contribution in [-0.4, -0.2) is 32.8 Å². The van der Waals surface area contributed by atoms with Gasteiger partial charge in [0.15, 0.2) is 0 Å². The number of aliphatic hydroxyl groups excluding tert-OH is 1. The van der Waals surface area contributed by atoms with Crippen molar-refractivity contribution < 1.29 is 14.6 Å². The number of ether oxygens (including phenoxy) is 1. The minimum atomic E-state index is -0.583. The monoisotopic (exact) mass is 314 g/mol. The summed E-state index contributed by atoms with van der Waals surface area (Å²) in [5.41, 5.74) is 3.19. The van der Waals surface area contributed by atoms with Gasteiger partial charge in [-0.3, -0.25) is 4.79 Å². The number of rotatable bonds is 4. The molecule has 1 saturated heterocycles. The molecule has 1 aromatic heterocycles. The fourth-order valence-corrected chi connectivity index (χ4v) is 3.05. The van der Waals surface area contributed by atoms with Crippen molar-refractivity contribution in [3.63, 3.8) is 0 Å². The molecule has 122 valence electrons. The van der Waals surface area contributed by atoms with E-state index in [1.165, 1.54) is 0 Å². The first-order valence-electron chi connectivity index (χ1n) is 8.01. The van der Waals surface area contributed by atoms with E-state index in [1.54, 1.807) is 0 Å². The summed E-state index contributed by atoms with van der Waals surface area (Å²) >= 11 is 0. The largest absolute Gasteiger partial charge is 0.462 e. The van der Waals surface area contributed by atoms with Gasteiger partial charge in [0, 0.05) is 30.6 Å². The molecule has 0 saturated carbocycles. The molecule has 3 rings (SSSR count). The summed E-state index contributed by atoms with van der Waals surface area (Å²) in [6.45, 7) is 4.76. The lowest BCUT2D eigenvalue weighted by atomic mass is 10.0. The van der Waals surface area contributed by atoms with Crippen molar-refractivity contribution in [2.75, 3.05) is 0 Å². The third-order valence-electron chi connectivity index (χ3n) is 4.40. The smallest absolute Gasteiger partial charge is 0.308 e. The van der Waals surface area contributed by atoms with Crippen molar-refractivity contribution >= 4 is 5.97 Å². The first kappa shape index (κ1) is 15.7. The zero-order chi connectivity index (χ0) is 16.4. The summed E-state index contributed by atoms with van der Waals surface area (Å²) in [5, 5.41) is 9.72. The Kier molecular flexibility index (Phi) is 4.48. The Morgan fingerprint density at radius 2 is 2.04 bits per heavy atom. The van der Waals surface area contributed by atoms with Gasteiger partial charge in [0.2, 0.25) is 0 Å². The molecular formula is C18H22N2O3. The number of carbonyl (C=O) groups excluding carboxylic acids is 1.